The molecular weight excluding hydrogens is 523 g/mol. The molecule has 0 aromatic heterocycles. The third kappa shape index (κ3) is 6.69. The standard InChI is InChI=1S/C30H30F3N3O4/c1-20-7-9-21(10-8-20)27-18-26(23-5-4-6-25(17-23)40-3)34-36(27)28(37)19-35(15-16-39-2)29(38)22-11-13-24(14-12-22)30(31,32)33/h4-14,17,27H,15-16,18-19H2,1-3H3/t27-/m0/s1. The number of carbonyl (C=O) groups is 2. The van der Waals surface area contributed by atoms with Crippen LogP contribution in [0, 0.1) is 6.92 Å². The van der Waals surface area contributed by atoms with Gasteiger partial charge in [-0.15, -0.1) is 0 Å². The molecule has 2 amide bonds. The first-order valence-electron chi connectivity index (χ1n) is 12.7. The van der Waals surface area contributed by atoms with Crippen LogP contribution in [-0.2, 0) is 15.7 Å². The maximum absolute atomic E-state index is 13.7. The highest BCUT2D eigenvalue weighted by molar-refractivity contribution is 6.04. The van der Waals surface area contributed by atoms with Crippen molar-refractivity contribution in [1.82, 2.24) is 9.91 Å². The molecular formula is C30H30F3N3O4. The molecule has 0 radical (unpaired) electrons. The average Bonchev–Trinajstić information content (AvgIpc) is 3.40. The van der Waals surface area contributed by atoms with E-state index < -0.39 is 29.6 Å². The minimum Gasteiger partial charge on any atom is -0.497 e. The summed E-state index contributed by atoms with van der Waals surface area (Å²) in [6.07, 6.45) is -4.07. The molecule has 3 aromatic carbocycles. The largest absolute Gasteiger partial charge is 0.497 e. The number of carbonyl (C=O) groups excluding carboxylic acids is 2. The summed E-state index contributed by atoms with van der Waals surface area (Å²) < 4.78 is 49.5. The van der Waals surface area contributed by atoms with E-state index in [2.05, 4.69) is 5.10 Å². The smallest absolute Gasteiger partial charge is 0.416 e. The minimum atomic E-state index is -4.52. The van der Waals surface area contributed by atoms with Gasteiger partial charge in [-0.1, -0.05) is 42.0 Å². The van der Waals surface area contributed by atoms with Crippen LogP contribution < -0.4 is 4.74 Å². The molecule has 0 saturated heterocycles. The highest BCUT2D eigenvalue weighted by Crippen LogP contribution is 2.34. The van der Waals surface area contributed by atoms with E-state index in [1.54, 1.807) is 7.11 Å². The van der Waals surface area contributed by atoms with Crippen molar-refractivity contribution < 1.29 is 32.2 Å². The zero-order chi connectivity index (χ0) is 28.9. The maximum Gasteiger partial charge on any atom is 0.416 e. The molecule has 0 N–H and O–H groups in total. The molecule has 7 nitrogen and oxygen atoms in total. The zero-order valence-electron chi connectivity index (χ0n) is 22.4. The molecule has 0 fully saturated rings. The van der Waals surface area contributed by atoms with Gasteiger partial charge in [-0.3, -0.25) is 9.59 Å². The van der Waals surface area contributed by atoms with Gasteiger partial charge in [0, 0.05) is 31.2 Å². The van der Waals surface area contributed by atoms with Crippen molar-refractivity contribution in [2.24, 2.45) is 5.10 Å². The van der Waals surface area contributed by atoms with Crippen molar-refractivity contribution >= 4 is 17.5 Å². The van der Waals surface area contributed by atoms with Crippen molar-refractivity contribution in [2.45, 2.75) is 25.6 Å². The Morgan fingerprint density at radius 1 is 1.02 bits per heavy atom. The maximum atomic E-state index is 13.7. The lowest BCUT2D eigenvalue weighted by Crippen LogP contribution is -2.42. The predicted molar refractivity (Wildman–Crippen MR) is 144 cm³/mol. The Hall–Kier alpha value is -4.18. The van der Waals surface area contributed by atoms with E-state index in [9.17, 15) is 22.8 Å². The van der Waals surface area contributed by atoms with Gasteiger partial charge in [-0.05, 0) is 48.9 Å². The molecule has 4 rings (SSSR count). The first kappa shape index (κ1) is 28.8. The van der Waals surface area contributed by atoms with Gasteiger partial charge in [-0.2, -0.15) is 18.3 Å². The number of ether oxygens (including phenoxy) is 2. The van der Waals surface area contributed by atoms with Crippen LogP contribution in [0.1, 0.15) is 45.1 Å². The summed E-state index contributed by atoms with van der Waals surface area (Å²) in [7, 11) is 3.03. The molecule has 0 unspecified atom stereocenters. The molecule has 1 heterocycles. The lowest BCUT2D eigenvalue weighted by Gasteiger charge is -2.27. The predicted octanol–water partition coefficient (Wildman–Crippen LogP) is 5.49. The fourth-order valence-electron chi connectivity index (χ4n) is 4.44. The molecule has 1 aliphatic rings. The molecule has 1 atom stereocenters. The Labute approximate surface area is 230 Å². The highest BCUT2D eigenvalue weighted by Gasteiger charge is 2.35. The Balaban J connectivity index is 1.62. The zero-order valence-corrected chi connectivity index (χ0v) is 22.4. The molecule has 10 heteroatoms. The van der Waals surface area contributed by atoms with Gasteiger partial charge in [0.25, 0.3) is 11.8 Å². The van der Waals surface area contributed by atoms with Crippen LogP contribution in [0.5, 0.6) is 5.75 Å². The van der Waals surface area contributed by atoms with E-state index in [-0.39, 0.29) is 25.3 Å². The van der Waals surface area contributed by atoms with Crippen molar-refractivity contribution in [2.75, 3.05) is 33.9 Å². The SMILES string of the molecule is COCCN(CC(=O)N1N=C(c2cccc(OC)c2)C[C@H]1c1ccc(C)cc1)C(=O)c1ccc(C(F)(F)F)cc1. The third-order valence-corrected chi connectivity index (χ3v) is 6.67. The fraction of sp³-hybridized carbons (Fsp3) is 0.300. The number of amides is 2. The van der Waals surface area contributed by atoms with Crippen LogP contribution in [0.3, 0.4) is 0 Å². The quantitative estimate of drug-likeness (QED) is 0.352. The summed E-state index contributed by atoms with van der Waals surface area (Å²) in [5, 5.41) is 6.06. The molecule has 40 heavy (non-hydrogen) atoms. The first-order valence-corrected chi connectivity index (χ1v) is 12.7. The first-order chi connectivity index (χ1) is 19.1. The van der Waals surface area contributed by atoms with Gasteiger partial charge in [0.1, 0.15) is 12.3 Å². The second-order valence-electron chi connectivity index (χ2n) is 9.44. The Morgan fingerprint density at radius 2 is 1.73 bits per heavy atom. The van der Waals surface area contributed by atoms with E-state index in [1.807, 2.05) is 55.5 Å². The number of hydrazone groups is 1. The lowest BCUT2D eigenvalue weighted by atomic mass is 9.97. The van der Waals surface area contributed by atoms with Gasteiger partial charge in [0.15, 0.2) is 0 Å². The summed E-state index contributed by atoms with van der Waals surface area (Å²) in [5.74, 6) is -0.355. The average molecular weight is 554 g/mol. The van der Waals surface area contributed by atoms with Crippen LogP contribution in [0.15, 0.2) is 77.9 Å². The molecule has 0 aliphatic carbocycles. The number of hydrogen-bond donors (Lipinski definition) is 0. The van der Waals surface area contributed by atoms with E-state index in [4.69, 9.17) is 9.47 Å². The third-order valence-electron chi connectivity index (χ3n) is 6.67. The lowest BCUT2D eigenvalue weighted by molar-refractivity contribution is -0.137. The number of halogens is 3. The van der Waals surface area contributed by atoms with Crippen LogP contribution in [0.4, 0.5) is 13.2 Å². The van der Waals surface area contributed by atoms with Crippen molar-refractivity contribution in [3.8, 4) is 5.75 Å². The number of nitrogens with zero attached hydrogens (tertiary/aromatic N) is 3. The van der Waals surface area contributed by atoms with E-state index in [1.165, 1.54) is 17.0 Å². The van der Waals surface area contributed by atoms with Crippen molar-refractivity contribution in [1.29, 1.82) is 0 Å². The van der Waals surface area contributed by atoms with Crippen LogP contribution in [0.2, 0.25) is 0 Å². The van der Waals surface area contributed by atoms with Gasteiger partial charge < -0.3 is 14.4 Å². The van der Waals surface area contributed by atoms with Gasteiger partial charge >= 0.3 is 6.18 Å². The monoisotopic (exact) mass is 553 g/mol. The van der Waals surface area contributed by atoms with Gasteiger partial charge in [0.05, 0.1) is 31.0 Å². The Morgan fingerprint density at radius 3 is 2.35 bits per heavy atom. The number of alkyl halides is 3. The van der Waals surface area contributed by atoms with Crippen molar-refractivity contribution in [3.05, 3.63) is 101 Å². The second kappa shape index (κ2) is 12.3. The van der Waals surface area contributed by atoms with Gasteiger partial charge in [-0.25, -0.2) is 5.01 Å². The molecule has 210 valence electrons. The van der Waals surface area contributed by atoms with Crippen molar-refractivity contribution in [3.63, 3.8) is 0 Å². The highest BCUT2D eigenvalue weighted by atomic mass is 19.4. The molecule has 3 aromatic rings. The number of benzene rings is 3. The summed E-state index contributed by atoms with van der Waals surface area (Å²) in [5.41, 5.74) is 2.63. The molecule has 0 saturated carbocycles. The Bertz CT molecular complexity index is 1370. The molecule has 0 bridgehead atoms. The minimum absolute atomic E-state index is 0.0361. The summed E-state index contributed by atoms with van der Waals surface area (Å²) in [6, 6.07) is 18.7. The number of hydrogen-bond acceptors (Lipinski definition) is 5. The van der Waals surface area contributed by atoms with E-state index in [0.29, 0.717) is 17.9 Å². The van der Waals surface area contributed by atoms with Crippen LogP contribution >= 0.6 is 0 Å². The normalized spacial score (nSPS) is 15.1. The number of rotatable bonds is 9. The Kier molecular flexibility index (Phi) is 8.89. The number of methoxy groups -OCH3 is 2. The van der Waals surface area contributed by atoms with Gasteiger partial charge in [0.2, 0.25) is 0 Å². The van der Waals surface area contributed by atoms with Crippen LogP contribution in [-0.4, -0.2) is 61.4 Å². The molecule has 1 aliphatic heterocycles. The summed E-state index contributed by atoms with van der Waals surface area (Å²) >= 11 is 0. The summed E-state index contributed by atoms with van der Waals surface area (Å²) in [6.45, 7) is 1.84. The molecule has 0 spiro atoms. The van der Waals surface area contributed by atoms with E-state index in [0.717, 1.165) is 41.0 Å². The van der Waals surface area contributed by atoms with Crippen LogP contribution in [0.25, 0.3) is 0 Å². The number of aryl methyl sites for hydroxylation is 1. The topological polar surface area (TPSA) is 71.4 Å². The second-order valence-corrected chi connectivity index (χ2v) is 9.44. The summed E-state index contributed by atoms with van der Waals surface area (Å²) in [4.78, 5) is 28.2. The fourth-order valence-corrected chi connectivity index (χ4v) is 4.44. The van der Waals surface area contributed by atoms with E-state index >= 15 is 0 Å².